The highest BCUT2D eigenvalue weighted by Gasteiger charge is 2.31. The molecule has 5 rings (SSSR count). The van der Waals surface area contributed by atoms with E-state index < -0.39 is 0 Å². The third-order valence-corrected chi connectivity index (χ3v) is 7.07. The van der Waals surface area contributed by atoms with E-state index in [9.17, 15) is 4.79 Å². The monoisotopic (exact) mass is 421 g/mol. The van der Waals surface area contributed by atoms with Gasteiger partial charge in [-0.05, 0) is 37.2 Å². The van der Waals surface area contributed by atoms with Crippen LogP contribution in [0.2, 0.25) is 0 Å². The van der Waals surface area contributed by atoms with Gasteiger partial charge in [-0.25, -0.2) is 9.97 Å². The molecule has 2 fully saturated rings. The smallest absolute Gasteiger partial charge is 0.273 e. The first-order valence-corrected chi connectivity index (χ1v) is 11.7. The molecule has 0 spiro atoms. The van der Waals surface area contributed by atoms with E-state index in [0.29, 0.717) is 23.4 Å². The highest BCUT2D eigenvalue weighted by Crippen LogP contribution is 2.38. The molecule has 3 heterocycles. The van der Waals surface area contributed by atoms with Crippen LogP contribution in [0.3, 0.4) is 0 Å². The van der Waals surface area contributed by atoms with Crippen molar-refractivity contribution in [3.8, 4) is 10.6 Å². The molecule has 0 bridgehead atoms. The molecule has 0 radical (unpaired) electrons. The fourth-order valence-corrected chi connectivity index (χ4v) is 4.83. The molecule has 1 saturated heterocycles. The predicted molar refractivity (Wildman–Crippen MR) is 118 cm³/mol. The Morgan fingerprint density at radius 1 is 1.07 bits per heavy atom. The topological polar surface area (TPSA) is 74.8 Å². The van der Waals surface area contributed by atoms with Crippen molar-refractivity contribution in [3.63, 3.8) is 0 Å². The zero-order chi connectivity index (χ0) is 20.7. The molecule has 1 N–H and O–H groups in total. The zero-order valence-corrected chi connectivity index (χ0v) is 18.3. The average Bonchev–Trinajstić information content (AvgIpc) is 3.30. The summed E-state index contributed by atoms with van der Waals surface area (Å²) in [5.41, 5.74) is 2.93. The number of hydrogen-bond donors (Lipinski definition) is 1. The Hall–Kier alpha value is -2.54. The minimum atomic E-state index is 0.0333. The van der Waals surface area contributed by atoms with Crippen LogP contribution in [0, 0.1) is 0 Å². The molecule has 3 aromatic rings. The van der Waals surface area contributed by atoms with Gasteiger partial charge in [0.05, 0.1) is 0 Å². The van der Waals surface area contributed by atoms with Crippen LogP contribution in [0.1, 0.15) is 85.0 Å². The van der Waals surface area contributed by atoms with Crippen molar-refractivity contribution in [3.05, 3.63) is 52.6 Å². The van der Waals surface area contributed by atoms with E-state index in [1.54, 1.807) is 0 Å². The van der Waals surface area contributed by atoms with Gasteiger partial charge in [-0.2, -0.15) is 5.10 Å². The lowest BCUT2D eigenvalue weighted by Gasteiger charge is -2.30. The maximum atomic E-state index is 13.0. The molecule has 1 aliphatic carbocycles. The number of carbonyl (C=O) groups excluding carboxylic acids is 1. The fourth-order valence-electron chi connectivity index (χ4n) is 4.03. The normalized spacial score (nSPS) is 17.6. The Morgan fingerprint density at radius 2 is 1.80 bits per heavy atom. The van der Waals surface area contributed by atoms with Gasteiger partial charge in [0, 0.05) is 35.9 Å². The minimum Gasteiger partial charge on any atom is -0.337 e. The molecular formula is C23H27N5OS. The number of hydrogen-bond acceptors (Lipinski definition) is 5. The summed E-state index contributed by atoms with van der Waals surface area (Å²) >= 11 is 1.54. The Labute approximate surface area is 180 Å². The third-order valence-electron chi connectivity index (χ3n) is 6.18. The standard InChI is InChI=1S/C23H27N5OS/c1-14(2)15-3-7-18(8-4-15)22-24-19(13-30-22)23(29)28-11-9-17(10-12-28)21-25-20(26-27-21)16-5-6-16/h3-4,7-8,13-14,16-17H,5-6,9-12H2,1-2H3,(H,25,26,27). The average molecular weight is 422 g/mol. The SMILES string of the molecule is CC(C)c1ccc(-c2nc(C(=O)N3CCC(c4nc(C5CC5)n[nH]4)CC3)cs2)cc1. The van der Waals surface area contributed by atoms with E-state index in [-0.39, 0.29) is 5.91 Å². The van der Waals surface area contributed by atoms with Crippen LogP contribution in [-0.4, -0.2) is 44.1 Å². The van der Waals surface area contributed by atoms with E-state index in [0.717, 1.165) is 48.2 Å². The molecule has 2 aliphatic rings. The van der Waals surface area contributed by atoms with Gasteiger partial charge in [0.15, 0.2) is 5.82 Å². The Kier molecular flexibility index (Phi) is 5.15. The molecular weight excluding hydrogens is 394 g/mol. The highest BCUT2D eigenvalue weighted by atomic mass is 32.1. The number of nitrogens with one attached hydrogen (secondary N) is 1. The molecule has 1 aliphatic heterocycles. The lowest BCUT2D eigenvalue weighted by atomic mass is 9.96. The Morgan fingerprint density at radius 3 is 2.47 bits per heavy atom. The van der Waals surface area contributed by atoms with Crippen molar-refractivity contribution in [2.75, 3.05) is 13.1 Å². The van der Waals surface area contributed by atoms with Crippen LogP contribution < -0.4 is 0 Å². The third kappa shape index (κ3) is 3.90. The van der Waals surface area contributed by atoms with Crippen molar-refractivity contribution >= 4 is 17.2 Å². The van der Waals surface area contributed by atoms with Crippen molar-refractivity contribution in [2.24, 2.45) is 0 Å². The van der Waals surface area contributed by atoms with Gasteiger partial charge in [-0.1, -0.05) is 38.1 Å². The number of thiazole rings is 1. The van der Waals surface area contributed by atoms with Crippen LogP contribution >= 0.6 is 11.3 Å². The lowest BCUT2D eigenvalue weighted by molar-refractivity contribution is 0.0706. The molecule has 156 valence electrons. The summed E-state index contributed by atoms with van der Waals surface area (Å²) in [5, 5.41) is 10.3. The molecule has 1 amide bonds. The number of benzene rings is 1. The van der Waals surface area contributed by atoms with Crippen molar-refractivity contribution in [2.45, 2.75) is 57.3 Å². The Bertz CT molecular complexity index is 1030. The number of amides is 1. The van der Waals surface area contributed by atoms with Crippen LogP contribution in [0.15, 0.2) is 29.6 Å². The second-order valence-corrected chi connectivity index (χ2v) is 9.59. The first-order chi connectivity index (χ1) is 14.6. The minimum absolute atomic E-state index is 0.0333. The van der Waals surface area contributed by atoms with Crippen LogP contribution in [0.25, 0.3) is 10.6 Å². The number of likely N-dealkylation sites (tertiary alicyclic amines) is 1. The van der Waals surface area contributed by atoms with Gasteiger partial charge < -0.3 is 4.90 Å². The summed E-state index contributed by atoms with van der Waals surface area (Å²) in [4.78, 5) is 24.2. The van der Waals surface area contributed by atoms with E-state index in [1.165, 1.54) is 29.7 Å². The number of piperidine rings is 1. The predicted octanol–water partition coefficient (Wildman–Crippen LogP) is 4.95. The molecule has 6 nitrogen and oxygen atoms in total. The van der Waals surface area contributed by atoms with E-state index in [4.69, 9.17) is 4.98 Å². The molecule has 2 aromatic heterocycles. The van der Waals surface area contributed by atoms with Gasteiger partial charge in [0.25, 0.3) is 5.91 Å². The summed E-state index contributed by atoms with van der Waals surface area (Å²) in [6.07, 6.45) is 4.25. The van der Waals surface area contributed by atoms with Crippen LogP contribution in [0.4, 0.5) is 0 Å². The summed E-state index contributed by atoms with van der Waals surface area (Å²) in [6, 6.07) is 8.49. The Balaban J connectivity index is 1.21. The van der Waals surface area contributed by atoms with E-state index >= 15 is 0 Å². The molecule has 1 aromatic carbocycles. The molecule has 30 heavy (non-hydrogen) atoms. The fraction of sp³-hybridized carbons (Fsp3) is 0.478. The largest absolute Gasteiger partial charge is 0.337 e. The number of rotatable bonds is 5. The molecule has 0 unspecified atom stereocenters. The van der Waals surface area contributed by atoms with Gasteiger partial charge in [-0.3, -0.25) is 9.89 Å². The number of nitrogens with zero attached hydrogens (tertiary/aromatic N) is 4. The summed E-state index contributed by atoms with van der Waals surface area (Å²) in [6.45, 7) is 5.84. The van der Waals surface area contributed by atoms with E-state index in [2.05, 4.69) is 53.3 Å². The number of carbonyl (C=O) groups is 1. The zero-order valence-electron chi connectivity index (χ0n) is 17.5. The first-order valence-electron chi connectivity index (χ1n) is 10.9. The number of aromatic nitrogens is 4. The van der Waals surface area contributed by atoms with Crippen LogP contribution in [-0.2, 0) is 0 Å². The molecule has 1 saturated carbocycles. The quantitative estimate of drug-likeness (QED) is 0.632. The second-order valence-electron chi connectivity index (χ2n) is 8.73. The van der Waals surface area contributed by atoms with Gasteiger partial charge in [0.1, 0.15) is 16.5 Å². The number of H-pyrrole nitrogens is 1. The first kappa shape index (κ1) is 19.4. The van der Waals surface area contributed by atoms with Gasteiger partial charge in [0.2, 0.25) is 0 Å². The van der Waals surface area contributed by atoms with Crippen molar-refractivity contribution in [1.29, 1.82) is 0 Å². The van der Waals surface area contributed by atoms with Gasteiger partial charge >= 0.3 is 0 Å². The van der Waals surface area contributed by atoms with Crippen molar-refractivity contribution in [1.82, 2.24) is 25.1 Å². The van der Waals surface area contributed by atoms with Crippen LogP contribution in [0.5, 0.6) is 0 Å². The molecule has 0 atom stereocenters. The second kappa shape index (κ2) is 7.95. The maximum Gasteiger partial charge on any atom is 0.273 e. The van der Waals surface area contributed by atoms with Gasteiger partial charge in [-0.15, -0.1) is 11.3 Å². The molecule has 7 heteroatoms. The summed E-state index contributed by atoms with van der Waals surface area (Å²) < 4.78 is 0. The van der Waals surface area contributed by atoms with Crippen molar-refractivity contribution < 1.29 is 4.79 Å². The summed E-state index contributed by atoms with van der Waals surface area (Å²) in [5.74, 6) is 3.43. The lowest BCUT2D eigenvalue weighted by Crippen LogP contribution is -2.38. The van der Waals surface area contributed by atoms with E-state index in [1.807, 2.05) is 10.3 Å². The maximum absolute atomic E-state index is 13.0. The summed E-state index contributed by atoms with van der Waals surface area (Å²) in [7, 11) is 0. The highest BCUT2D eigenvalue weighted by molar-refractivity contribution is 7.13. The number of aromatic amines is 1.